The van der Waals surface area contributed by atoms with E-state index < -0.39 is 0 Å². The summed E-state index contributed by atoms with van der Waals surface area (Å²) in [4.78, 5) is 6.93. The van der Waals surface area contributed by atoms with Crippen molar-refractivity contribution in [3.63, 3.8) is 0 Å². The summed E-state index contributed by atoms with van der Waals surface area (Å²) < 4.78 is 0. The zero-order valence-electron chi connectivity index (χ0n) is 5.71. The number of imidazole rings is 1. The van der Waals surface area contributed by atoms with Gasteiger partial charge in [-0.15, -0.1) is 6.58 Å². The molecule has 0 aliphatic carbocycles. The number of hydrogen-bond acceptors (Lipinski definition) is 1. The van der Waals surface area contributed by atoms with Crippen molar-refractivity contribution in [3.05, 3.63) is 30.9 Å². The van der Waals surface area contributed by atoms with Gasteiger partial charge in [-0.2, -0.15) is 9.90 Å². The zero-order valence-corrected chi connectivity index (χ0v) is 10.1. The number of H-pyrrole nitrogens is 1. The van der Waals surface area contributed by atoms with E-state index in [9.17, 15) is 0 Å². The van der Waals surface area contributed by atoms with Crippen LogP contribution < -0.4 is 0 Å². The quantitative estimate of drug-likeness (QED) is 0.642. The Morgan fingerprint density at radius 3 is 2.80 bits per heavy atom. The monoisotopic (exact) mass is 326 g/mol. The van der Waals surface area contributed by atoms with Crippen LogP contribution in [0.4, 0.5) is 0 Å². The molecule has 4 heteroatoms. The normalized spacial score (nSPS) is 7.20. The third-order valence-corrected chi connectivity index (χ3v) is 0.893. The summed E-state index contributed by atoms with van der Waals surface area (Å²) in [5.41, 5.74) is 0. The van der Waals surface area contributed by atoms with Crippen molar-refractivity contribution in [1.82, 2.24) is 9.97 Å². The van der Waals surface area contributed by atoms with Gasteiger partial charge in [0, 0.05) is 39.9 Å². The fourth-order valence-corrected chi connectivity index (χ4v) is 0.546. The molecule has 10 heavy (non-hydrogen) atoms. The fourth-order valence-electron chi connectivity index (χ4n) is 0.546. The molecule has 0 saturated carbocycles. The number of rotatable bonds is 2. The molecule has 0 bridgehead atoms. The van der Waals surface area contributed by atoms with Crippen LogP contribution in [0.25, 0.3) is 0 Å². The van der Waals surface area contributed by atoms with Crippen molar-refractivity contribution >= 4 is 9.90 Å². The van der Waals surface area contributed by atoms with Crippen LogP contribution in [-0.2, 0) is 27.5 Å². The molecule has 0 fully saturated rings. The summed E-state index contributed by atoms with van der Waals surface area (Å²) in [6, 6.07) is 0. The third-order valence-electron chi connectivity index (χ3n) is 0.893. The van der Waals surface area contributed by atoms with E-state index in [4.69, 9.17) is 0 Å². The molecule has 1 atom stereocenters. The minimum Gasteiger partial charge on any atom is -0.348 e. The number of nitrogens with one attached hydrogen (secondary N) is 1. The second-order valence-corrected chi connectivity index (χ2v) is 1.53. The standard InChI is InChI=1S/C6H8N2.H3P.W/c1-2-3-6-7-4-5-8-6;;/h2,4-5H,1,3H2,(H,7,8);1H3;. The van der Waals surface area contributed by atoms with E-state index in [1.165, 1.54) is 0 Å². The molecule has 0 saturated heterocycles. The smallest absolute Gasteiger partial charge is 0.109 e. The van der Waals surface area contributed by atoms with Gasteiger partial charge in [0.2, 0.25) is 0 Å². The van der Waals surface area contributed by atoms with Gasteiger partial charge in [-0.25, -0.2) is 4.98 Å². The molecule has 0 aromatic carbocycles. The maximum atomic E-state index is 3.98. The van der Waals surface area contributed by atoms with Gasteiger partial charge in [0.15, 0.2) is 0 Å². The van der Waals surface area contributed by atoms with Crippen LogP contribution in [0.2, 0.25) is 0 Å². The summed E-state index contributed by atoms with van der Waals surface area (Å²) in [5, 5.41) is 0. The van der Waals surface area contributed by atoms with Crippen LogP contribution in [0.15, 0.2) is 25.0 Å². The van der Waals surface area contributed by atoms with Gasteiger partial charge in [-0.1, -0.05) is 6.08 Å². The fraction of sp³-hybridized carbons (Fsp3) is 0.167. The molecular weight excluding hydrogens is 315 g/mol. The molecule has 0 aliphatic heterocycles. The maximum absolute atomic E-state index is 3.98. The van der Waals surface area contributed by atoms with E-state index in [-0.39, 0.29) is 31.0 Å². The average Bonchev–Trinajstić information content (AvgIpc) is 2.19. The Kier molecular flexibility index (Phi) is 9.13. The minimum atomic E-state index is 0. The van der Waals surface area contributed by atoms with Gasteiger partial charge in [0.25, 0.3) is 0 Å². The SMILES string of the molecule is C=CCc1ncc[nH]1.P.[W]. The van der Waals surface area contributed by atoms with Crippen LogP contribution in [0.5, 0.6) is 0 Å². The van der Waals surface area contributed by atoms with Crippen molar-refractivity contribution < 1.29 is 21.1 Å². The summed E-state index contributed by atoms with van der Waals surface area (Å²) >= 11 is 0. The maximum Gasteiger partial charge on any atom is 0.109 e. The molecule has 1 N–H and O–H groups in total. The van der Waals surface area contributed by atoms with Crippen LogP contribution in [0.1, 0.15) is 5.82 Å². The van der Waals surface area contributed by atoms with E-state index in [2.05, 4.69) is 16.5 Å². The van der Waals surface area contributed by atoms with Gasteiger partial charge >= 0.3 is 0 Å². The van der Waals surface area contributed by atoms with Gasteiger partial charge in [-0.05, 0) is 0 Å². The Morgan fingerprint density at radius 1 is 1.70 bits per heavy atom. The molecule has 1 unspecified atom stereocenters. The Labute approximate surface area is 78.4 Å². The summed E-state index contributed by atoms with van der Waals surface area (Å²) in [5.74, 6) is 0.972. The third kappa shape index (κ3) is 3.98. The molecule has 0 amide bonds. The van der Waals surface area contributed by atoms with Crippen molar-refractivity contribution in [1.29, 1.82) is 0 Å². The number of aromatic nitrogens is 2. The Hall–Kier alpha value is 0.0683. The van der Waals surface area contributed by atoms with Crippen molar-refractivity contribution in [2.75, 3.05) is 0 Å². The molecule has 1 aromatic rings. The van der Waals surface area contributed by atoms with E-state index >= 15 is 0 Å². The zero-order chi connectivity index (χ0) is 5.82. The molecule has 2 nitrogen and oxygen atoms in total. The van der Waals surface area contributed by atoms with Crippen LogP contribution in [0, 0.1) is 0 Å². The van der Waals surface area contributed by atoms with Crippen LogP contribution in [-0.4, -0.2) is 9.97 Å². The van der Waals surface area contributed by atoms with E-state index in [0.717, 1.165) is 12.2 Å². The van der Waals surface area contributed by atoms with Crippen LogP contribution in [0.3, 0.4) is 0 Å². The first kappa shape index (κ1) is 12.7. The summed E-state index contributed by atoms with van der Waals surface area (Å²) in [6.07, 6.45) is 6.18. The largest absolute Gasteiger partial charge is 0.348 e. The number of nitrogens with zero attached hydrogens (tertiary/aromatic N) is 1. The number of hydrogen-bond donors (Lipinski definition) is 1. The minimum absolute atomic E-state index is 0. The van der Waals surface area contributed by atoms with Crippen molar-refractivity contribution in [2.24, 2.45) is 0 Å². The molecule has 0 spiro atoms. The van der Waals surface area contributed by atoms with Gasteiger partial charge in [0.1, 0.15) is 5.82 Å². The average molecular weight is 326 g/mol. The summed E-state index contributed by atoms with van der Waals surface area (Å²) in [7, 11) is 0. The molecule has 56 valence electrons. The second-order valence-electron chi connectivity index (χ2n) is 1.53. The van der Waals surface area contributed by atoms with E-state index in [1.54, 1.807) is 12.4 Å². The summed E-state index contributed by atoms with van der Waals surface area (Å²) in [6.45, 7) is 3.58. The number of allylic oxidation sites excluding steroid dienone is 1. The van der Waals surface area contributed by atoms with Gasteiger partial charge in [0.05, 0.1) is 0 Å². The molecule has 1 rings (SSSR count). The predicted octanol–water partition coefficient (Wildman–Crippen LogP) is 1.19. The van der Waals surface area contributed by atoms with E-state index in [1.807, 2.05) is 6.08 Å². The number of aromatic amines is 1. The van der Waals surface area contributed by atoms with E-state index in [0.29, 0.717) is 0 Å². The van der Waals surface area contributed by atoms with Gasteiger partial charge in [-0.3, -0.25) is 0 Å². The molecule has 0 aliphatic rings. The Balaban J connectivity index is 0. The topological polar surface area (TPSA) is 28.7 Å². The second kappa shape index (κ2) is 7.18. The first-order valence-electron chi connectivity index (χ1n) is 2.52. The van der Waals surface area contributed by atoms with Crippen molar-refractivity contribution in [2.45, 2.75) is 6.42 Å². The molecule has 1 aromatic heterocycles. The first-order valence-corrected chi connectivity index (χ1v) is 2.52. The Bertz CT molecular complexity index is 162. The predicted molar refractivity (Wildman–Crippen MR) is 43.6 cm³/mol. The molecular formula is C6H11N2PW. The Morgan fingerprint density at radius 2 is 2.40 bits per heavy atom. The van der Waals surface area contributed by atoms with Crippen molar-refractivity contribution in [3.8, 4) is 0 Å². The first-order chi connectivity index (χ1) is 3.93. The molecule has 0 radical (unpaired) electrons. The van der Waals surface area contributed by atoms with Crippen LogP contribution >= 0.6 is 9.90 Å². The molecule has 1 heterocycles. The van der Waals surface area contributed by atoms with Gasteiger partial charge < -0.3 is 4.98 Å².